The molecule has 1 heterocycles. The van der Waals surface area contributed by atoms with Crippen LogP contribution in [0.15, 0.2) is 53.4 Å². The lowest BCUT2D eigenvalue weighted by atomic mass is 10.1. The second-order valence-electron chi connectivity index (χ2n) is 6.66. The minimum absolute atomic E-state index is 0.0206. The van der Waals surface area contributed by atoms with Crippen LogP contribution in [0.1, 0.15) is 6.42 Å². The second kappa shape index (κ2) is 7.69. The molecule has 0 saturated carbocycles. The molecule has 0 spiro atoms. The number of rotatable bonds is 5. The maximum atomic E-state index is 13.9. The van der Waals surface area contributed by atoms with E-state index in [9.17, 15) is 22.4 Å². The Kier molecular flexibility index (Phi) is 5.48. The summed E-state index contributed by atoms with van der Waals surface area (Å²) in [7, 11) is -0.685. The van der Waals surface area contributed by atoms with Crippen molar-refractivity contribution < 1.29 is 22.4 Å². The van der Waals surface area contributed by atoms with Gasteiger partial charge in [0.2, 0.25) is 21.8 Å². The number of hydrogen-bond acceptors (Lipinski definition) is 4. The van der Waals surface area contributed by atoms with Gasteiger partial charge in [0.15, 0.2) is 0 Å². The zero-order valence-corrected chi connectivity index (χ0v) is 16.2. The number of carbonyl (C=O) groups is 2. The van der Waals surface area contributed by atoms with Gasteiger partial charge in [-0.3, -0.25) is 9.59 Å². The fourth-order valence-corrected chi connectivity index (χ4v) is 3.85. The van der Waals surface area contributed by atoms with E-state index < -0.39 is 21.8 Å². The summed E-state index contributed by atoms with van der Waals surface area (Å²) in [5.74, 6) is -1.85. The molecule has 3 rings (SSSR count). The third kappa shape index (κ3) is 3.90. The molecule has 1 aliphatic heterocycles. The molecule has 148 valence electrons. The number of nitrogens with zero attached hydrogens (tertiary/aromatic N) is 2. The van der Waals surface area contributed by atoms with Crippen LogP contribution in [0.25, 0.3) is 0 Å². The predicted molar refractivity (Wildman–Crippen MR) is 103 cm³/mol. The molecule has 1 fully saturated rings. The monoisotopic (exact) mass is 405 g/mol. The van der Waals surface area contributed by atoms with Crippen molar-refractivity contribution in [2.75, 3.05) is 30.9 Å². The number of sulfonamides is 1. The first-order chi connectivity index (χ1) is 13.2. The minimum atomic E-state index is -3.55. The number of hydrogen-bond donors (Lipinski definition) is 1. The molecule has 2 amide bonds. The Bertz CT molecular complexity index is 1010. The first kappa shape index (κ1) is 20.0. The Labute approximate surface area is 162 Å². The molecular formula is C19H20FN3O4S. The number of benzene rings is 2. The van der Waals surface area contributed by atoms with Crippen molar-refractivity contribution in [2.45, 2.75) is 11.3 Å². The van der Waals surface area contributed by atoms with Gasteiger partial charge in [-0.25, -0.2) is 17.1 Å². The highest BCUT2D eigenvalue weighted by atomic mass is 32.2. The van der Waals surface area contributed by atoms with E-state index in [1.165, 1.54) is 61.5 Å². The lowest BCUT2D eigenvalue weighted by Gasteiger charge is -2.17. The standard InChI is InChI=1S/C19H20FN3O4S/c1-22(2)28(26,27)15-9-7-14(8-10-15)21-19(25)13-11-18(24)23(12-13)17-6-4-3-5-16(17)20/h3-10,13H,11-12H2,1-2H3,(H,21,25)/t13-/m0/s1. The van der Waals surface area contributed by atoms with Gasteiger partial charge in [0, 0.05) is 32.7 Å². The number of amides is 2. The molecule has 28 heavy (non-hydrogen) atoms. The Hall–Kier alpha value is -2.78. The highest BCUT2D eigenvalue weighted by Gasteiger charge is 2.36. The first-order valence-corrected chi connectivity index (χ1v) is 10.0. The number of nitrogens with one attached hydrogen (secondary N) is 1. The van der Waals surface area contributed by atoms with Crippen LogP contribution < -0.4 is 10.2 Å². The second-order valence-corrected chi connectivity index (χ2v) is 8.81. The molecule has 2 aromatic carbocycles. The number of para-hydroxylation sites is 1. The molecule has 7 nitrogen and oxygen atoms in total. The first-order valence-electron chi connectivity index (χ1n) is 8.58. The van der Waals surface area contributed by atoms with E-state index in [0.717, 1.165) is 4.31 Å². The Morgan fingerprint density at radius 1 is 1.14 bits per heavy atom. The number of halogens is 1. The van der Waals surface area contributed by atoms with Crippen LogP contribution in [0, 0.1) is 11.7 Å². The van der Waals surface area contributed by atoms with Crippen LogP contribution in [-0.4, -0.2) is 45.2 Å². The van der Waals surface area contributed by atoms with Crippen LogP contribution in [0.2, 0.25) is 0 Å². The molecule has 1 saturated heterocycles. The van der Waals surface area contributed by atoms with E-state index in [1.54, 1.807) is 6.07 Å². The average molecular weight is 405 g/mol. The van der Waals surface area contributed by atoms with Gasteiger partial charge in [-0.2, -0.15) is 0 Å². The largest absolute Gasteiger partial charge is 0.326 e. The molecule has 0 aromatic heterocycles. The van der Waals surface area contributed by atoms with Crippen LogP contribution in [0.5, 0.6) is 0 Å². The summed E-state index contributed by atoms with van der Waals surface area (Å²) in [5.41, 5.74) is 0.570. The predicted octanol–water partition coefficient (Wildman–Crippen LogP) is 2.07. The molecule has 9 heteroatoms. The van der Waals surface area contributed by atoms with Gasteiger partial charge in [0.05, 0.1) is 16.5 Å². The summed E-state index contributed by atoms with van der Waals surface area (Å²) in [6.07, 6.45) is -0.0206. The van der Waals surface area contributed by atoms with Crippen LogP contribution in [0.3, 0.4) is 0 Å². The van der Waals surface area contributed by atoms with E-state index in [4.69, 9.17) is 0 Å². The smallest absolute Gasteiger partial charge is 0.242 e. The van der Waals surface area contributed by atoms with Crippen molar-refractivity contribution in [3.05, 3.63) is 54.3 Å². The zero-order chi connectivity index (χ0) is 20.5. The summed E-state index contributed by atoms with van der Waals surface area (Å²) in [4.78, 5) is 26.1. The van der Waals surface area contributed by atoms with Gasteiger partial charge in [-0.15, -0.1) is 0 Å². The van der Waals surface area contributed by atoms with E-state index in [1.807, 2.05) is 0 Å². The fourth-order valence-electron chi connectivity index (χ4n) is 2.95. The molecule has 0 unspecified atom stereocenters. The van der Waals surface area contributed by atoms with Crippen molar-refractivity contribution in [2.24, 2.45) is 5.92 Å². The molecule has 1 N–H and O–H groups in total. The fraction of sp³-hybridized carbons (Fsp3) is 0.263. The Morgan fingerprint density at radius 2 is 1.79 bits per heavy atom. The van der Waals surface area contributed by atoms with Gasteiger partial charge >= 0.3 is 0 Å². The molecule has 1 aliphatic rings. The van der Waals surface area contributed by atoms with Gasteiger partial charge in [-0.05, 0) is 36.4 Å². The SMILES string of the molecule is CN(C)S(=O)(=O)c1ccc(NC(=O)[C@H]2CC(=O)N(c3ccccc3F)C2)cc1. The number of carbonyl (C=O) groups excluding carboxylic acids is 2. The van der Waals surface area contributed by atoms with Crippen molar-refractivity contribution in [1.82, 2.24) is 4.31 Å². The molecule has 2 aromatic rings. The Balaban J connectivity index is 1.69. The van der Waals surface area contributed by atoms with E-state index in [-0.39, 0.29) is 35.4 Å². The van der Waals surface area contributed by atoms with E-state index >= 15 is 0 Å². The van der Waals surface area contributed by atoms with Gasteiger partial charge in [0.1, 0.15) is 5.82 Å². The molecule has 1 atom stereocenters. The lowest BCUT2D eigenvalue weighted by Crippen LogP contribution is -2.28. The summed E-state index contributed by atoms with van der Waals surface area (Å²) >= 11 is 0. The summed E-state index contributed by atoms with van der Waals surface area (Å²) in [6, 6.07) is 11.7. The third-order valence-electron chi connectivity index (χ3n) is 4.54. The maximum absolute atomic E-state index is 13.9. The van der Waals surface area contributed by atoms with E-state index in [0.29, 0.717) is 5.69 Å². The molecule has 0 bridgehead atoms. The normalized spacial score (nSPS) is 17.2. The molecule has 0 aliphatic carbocycles. The molecule has 0 radical (unpaired) electrons. The van der Waals surface area contributed by atoms with Gasteiger partial charge in [-0.1, -0.05) is 12.1 Å². The van der Waals surface area contributed by atoms with Crippen LogP contribution >= 0.6 is 0 Å². The highest BCUT2D eigenvalue weighted by molar-refractivity contribution is 7.89. The zero-order valence-electron chi connectivity index (χ0n) is 15.4. The topological polar surface area (TPSA) is 86.8 Å². The highest BCUT2D eigenvalue weighted by Crippen LogP contribution is 2.28. The van der Waals surface area contributed by atoms with Crippen LogP contribution in [0.4, 0.5) is 15.8 Å². The van der Waals surface area contributed by atoms with Crippen molar-refractivity contribution in [1.29, 1.82) is 0 Å². The summed E-state index contributed by atoms with van der Waals surface area (Å²) in [5, 5.41) is 2.68. The summed E-state index contributed by atoms with van der Waals surface area (Å²) < 4.78 is 39.2. The maximum Gasteiger partial charge on any atom is 0.242 e. The Morgan fingerprint density at radius 3 is 2.39 bits per heavy atom. The lowest BCUT2D eigenvalue weighted by molar-refractivity contribution is -0.122. The van der Waals surface area contributed by atoms with Crippen molar-refractivity contribution in [3.63, 3.8) is 0 Å². The summed E-state index contributed by atoms with van der Waals surface area (Å²) in [6.45, 7) is 0.0820. The quantitative estimate of drug-likeness (QED) is 0.825. The number of anilines is 2. The average Bonchev–Trinajstić information content (AvgIpc) is 3.04. The van der Waals surface area contributed by atoms with E-state index in [2.05, 4.69) is 5.32 Å². The van der Waals surface area contributed by atoms with Gasteiger partial charge in [0.25, 0.3) is 0 Å². The van der Waals surface area contributed by atoms with Crippen molar-refractivity contribution >= 4 is 33.2 Å². The molecular weight excluding hydrogens is 385 g/mol. The van der Waals surface area contributed by atoms with Gasteiger partial charge < -0.3 is 10.2 Å². The van der Waals surface area contributed by atoms with Crippen LogP contribution in [-0.2, 0) is 19.6 Å². The third-order valence-corrected chi connectivity index (χ3v) is 6.37. The minimum Gasteiger partial charge on any atom is -0.326 e. The van der Waals surface area contributed by atoms with Crippen molar-refractivity contribution in [3.8, 4) is 0 Å².